The molecule has 2 amide bonds. The Labute approximate surface area is 247 Å². The lowest BCUT2D eigenvalue weighted by atomic mass is 10.1. The van der Waals surface area contributed by atoms with Gasteiger partial charge in [0, 0.05) is 18.1 Å². The Bertz CT molecular complexity index is 1390. The Morgan fingerprint density at radius 3 is 2.12 bits per heavy atom. The molecule has 0 spiro atoms. The smallest absolute Gasteiger partial charge is 0.264 e. The highest BCUT2D eigenvalue weighted by atomic mass is 35.5. The van der Waals surface area contributed by atoms with Crippen molar-refractivity contribution >= 4 is 50.7 Å². The summed E-state index contributed by atoms with van der Waals surface area (Å²) < 4.78 is 28.7. The van der Waals surface area contributed by atoms with Crippen LogP contribution in [0.5, 0.6) is 0 Å². The molecule has 7 nitrogen and oxygen atoms in total. The van der Waals surface area contributed by atoms with Crippen molar-refractivity contribution in [1.29, 1.82) is 0 Å². The fourth-order valence-corrected chi connectivity index (χ4v) is 6.25. The van der Waals surface area contributed by atoms with Gasteiger partial charge in [-0.05, 0) is 54.7 Å². The first kappa shape index (κ1) is 31.5. The van der Waals surface area contributed by atoms with Crippen LogP contribution >= 0.6 is 23.2 Å². The Morgan fingerprint density at radius 2 is 1.55 bits per heavy atom. The van der Waals surface area contributed by atoms with E-state index in [-0.39, 0.29) is 34.0 Å². The average Bonchev–Trinajstić information content (AvgIpc) is 2.94. The van der Waals surface area contributed by atoms with Crippen LogP contribution in [0.25, 0.3) is 0 Å². The number of carbonyl (C=O) groups is 2. The number of carbonyl (C=O) groups excluding carboxylic acids is 2. The Balaban J connectivity index is 2.01. The Kier molecular flexibility index (Phi) is 11.4. The van der Waals surface area contributed by atoms with Crippen LogP contribution in [-0.2, 0) is 26.0 Å². The molecule has 0 aromatic heterocycles. The van der Waals surface area contributed by atoms with Crippen LogP contribution in [0.2, 0.25) is 10.0 Å². The molecule has 0 aliphatic heterocycles. The van der Waals surface area contributed by atoms with Gasteiger partial charge in [-0.25, -0.2) is 8.42 Å². The molecular weight excluding hydrogens is 569 g/mol. The van der Waals surface area contributed by atoms with Crippen molar-refractivity contribution in [2.24, 2.45) is 5.92 Å². The van der Waals surface area contributed by atoms with E-state index < -0.39 is 28.5 Å². The van der Waals surface area contributed by atoms with E-state index in [4.69, 9.17) is 23.2 Å². The summed E-state index contributed by atoms with van der Waals surface area (Å²) in [6.07, 6.45) is 0.852. The number of hydrogen-bond acceptors (Lipinski definition) is 4. The third kappa shape index (κ3) is 8.22. The highest BCUT2D eigenvalue weighted by Crippen LogP contribution is 2.33. The first-order valence-corrected chi connectivity index (χ1v) is 15.4. The van der Waals surface area contributed by atoms with Crippen molar-refractivity contribution in [2.45, 2.75) is 44.6 Å². The molecule has 0 saturated heterocycles. The van der Waals surface area contributed by atoms with Crippen LogP contribution in [0.3, 0.4) is 0 Å². The molecule has 0 fully saturated rings. The van der Waals surface area contributed by atoms with E-state index in [0.717, 1.165) is 9.87 Å². The molecule has 0 aliphatic carbocycles. The zero-order valence-corrected chi connectivity index (χ0v) is 25.2. The van der Waals surface area contributed by atoms with Gasteiger partial charge in [0.05, 0.1) is 15.6 Å². The van der Waals surface area contributed by atoms with Gasteiger partial charge in [0.15, 0.2) is 0 Å². The van der Waals surface area contributed by atoms with Crippen molar-refractivity contribution in [2.75, 3.05) is 23.9 Å². The number of amides is 2. The first-order valence-electron chi connectivity index (χ1n) is 13.2. The summed E-state index contributed by atoms with van der Waals surface area (Å²) >= 11 is 12.5. The molecule has 3 aromatic rings. The molecule has 3 rings (SSSR count). The molecule has 0 saturated carbocycles. The minimum absolute atomic E-state index is 0.00590. The van der Waals surface area contributed by atoms with Crippen LogP contribution in [-0.4, -0.2) is 50.8 Å². The van der Waals surface area contributed by atoms with Crippen LogP contribution in [0, 0.1) is 5.92 Å². The zero-order valence-electron chi connectivity index (χ0n) is 22.9. The third-order valence-electron chi connectivity index (χ3n) is 6.34. The predicted octanol–water partition coefficient (Wildman–Crippen LogP) is 5.81. The molecular formula is C30H35Cl2N3O4S. The first-order chi connectivity index (χ1) is 19.0. The lowest BCUT2D eigenvalue weighted by molar-refractivity contribution is -0.139. The van der Waals surface area contributed by atoms with Crippen LogP contribution in [0.4, 0.5) is 5.69 Å². The van der Waals surface area contributed by atoms with E-state index in [1.807, 2.05) is 51.1 Å². The molecule has 1 N–H and O–H groups in total. The Hall–Kier alpha value is -3.07. The van der Waals surface area contributed by atoms with Crippen LogP contribution in [0.15, 0.2) is 83.8 Å². The SMILES string of the molecule is CCC(C(=O)NCC(C)C)N(CCc1ccccc1)C(=O)CN(c1ccc(Cl)cc1Cl)S(=O)(=O)c1ccccc1. The van der Waals surface area contributed by atoms with Crippen molar-refractivity contribution in [1.82, 2.24) is 10.2 Å². The fraction of sp³-hybridized carbons (Fsp3) is 0.333. The van der Waals surface area contributed by atoms with Gasteiger partial charge in [0.2, 0.25) is 11.8 Å². The second-order valence-electron chi connectivity index (χ2n) is 9.81. The van der Waals surface area contributed by atoms with Gasteiger partial charge in [-0.3, -0.25) is 13.9 Å². The quantitative estimate of drug-likeness (QED) is 0.267. The summed E-state index contributed by atoms with van der Waals surface area (Å²) in [6.45, 7) is 5.94. The Morgan fingerprint density at radius 1 is 0.925 bits per heavy atom. The maximum Gasteiger partial charge on any atom is 0.264 e. The highest BCUT2D eigenvalue weighted by Gasteiger charge is 2.34. The minimum atomic E-state index is -4.20. The van der Waals surface area contributed by atoms with E-state index in [1.165, 1.54) is 35.2 Å². The largest absolute Gasteiger partial charge is 0.354 e. The molecule has 1 atom stereocenters. The van der Waals surface area contributed by atoms with Gasteiger partial charge in [-0.15, -0.1) is 0 Å². The number of nitrogens with one attached hydrogen (secondary N) is 1. The van der Waals surface area contributed by atoms with E-state index in [0.29, 0.717) is 24.4 Å². The molecule has 10 heteroatoms. The number of benzene rings is 3. The van der Waals surface area contributed by atoms with Gasteiger partial charge in [-0.1, -0.05) is 92.5 Å². The topological polar surface area (TPSA) is 86.8 Å². The third-order valence-corrected chi connectivity index (χ3v) is 8.65. The number of hydrogen-bond donors (Lipinski definition) is 1. The van der Waals surface area contributed by atoms with Gasteiger partial charge >= 0.3 is 0 Å². The van der Waals surface area contributed by atoms with E-state index >= 15 is 0 Å². The maximum atomic E-state index is 14.0. The second kappa shape index (κ2) is 14.5. The average molecular weight is 605 g/mol. The predicted molar refractivity (Wildman–Crippen MR) is 161 cm³/mol. The molecule has 1 unspecified atom stereocenters. The molecule has 40 heavy (non-hydrogen) atoms. The van der Waals surface area contributed by atoms with E-state index in [2.05, 4.69) is 5.32 Å². The molecule has 0 heterocycles. The summed E-state index contributed by atoms with van der Waals surface area (Å²) in [5.41, 5.74) is 1.11. The van der Waals surface area contributed by atoms with E-state index in [9.17, 15) is 18.0 Å². The van der Waals surface area contributed by atoms with Gasteiger partial charge < -0.3 is 10.2 Å². The summed E-state index contributed by atoms with van der Waals surface area (Å²) in [6, 6.07) is 21.1. The normalized spacial score (nSPS) is 12.2. The van der Waals surface area contributed by atoms with Gasteiger partial charge in [-0.2, -0.15) is 0 Å². The number of halogens is 2. The fourth-order valence-electron chi connectivity index (χ4n) is 4.23. The molecule has 214 valence electrons. The lowest BCUT2D eigenvalue weighted by Gasteiger charge is -2.33. The molecule has 0 bridgehead atoms. The summed E-state index contributed by atoms with van der Waals surface area (Å²) in [5.74, 6) is -0.568. The number of sulfonamides is 1. The minimum Gasteiger partial charge on any atom is -0.354 e. The number of rotatable bonds is 13. The molecule has 0 aliphatic rings. The summed E-state index contributed by atoms with van der Waals surface area (Å²) in [4.78, 5) is 28.7. The van der Waals surface area contributed by atoms with Crippen molar-refractivity contribution in [3.8, 4) is 0 Å². The maximum absolute atomic E-state index is 14.0. The van der Waals surface area contributed by atoms with Crippen LogP contribution in [0.1, 0.15) is 32.8 Å². The monoisotopic (exact) mass is 603 g/mol. The van der Waals surface area contributed by atoms with Gasteiger partial charge in [0.25, 0.3) is 10.0 Å². The summed E-state index contributed by atoms with van der Waals surface area (Å²) in [7, 11) is -4.20. The lowest BCUT2D eigenvalue weighted by Crippen LogP contribution is -2.53. The standard InChI is InChI=1S/C30H35Cl2N3O4S/c1-4-27(30(37)33-20-22(2)3)34(18-17-23-11-7-5-8-12-23)29(36)21-35(28-16-15-24(31)19-26(28)32)40(38,39)25-13-9-6-10-14-25/h5-16,19,22,27H,4,17-18,20-21H2,1-3H3,(H,33,37). The van der Waals surface area contributed by atoms with Gasteiger partial charge in [0.1, 0.15) is 12.6 Å². The zero-order chi connectivity index (χ0) is 29.3. The highest BCUT2D eigenvalue weighted by molar-refractivity contribution is 7.92. The van der Waals surface area contributed by atoms with Crippen molar-refractivity contribution in [3.05, 3.63) is 94.5 Å². The number of nitrogens with zero attached hydrogens (tertiary/aromatic N) is 2. The van der Waals surface area contributed by atoms with E-state index in [1.54, 1.807) is 18.2 Å². The number of anilines is 1. The van der Waals surface area contributed by atoms with Crippen LogP contribution < -0.4 is 9.62 Å². The van der Waals surface area contributed by atoms with Crippen molar-refractivity contribution < 1.29 is 18.0 Å². The van der Waals surface area contributed by atoms with Crippen molar-refractivity contribution in [3.63, 3.8) is 0 Å². The molecule has 0 radical (unpaired) electrons. The molecule has 3 aromatic carbocycles. The second-order valence-corrected chi connectivity index (χ2v) is 12.5. The summed E-state index contributed by atoms with van der Waals surface area (Å²) in [5, 5.41) is 3.33.